The SMILES string of the molecule is CC(C)(C)CNCc1cccc([N+](=O)[O-])c1. The van der Waals surface area contributed by atoms with Crippen molar-refractivity contribution < 1.29 is 4.92 Å². The van der Waals surface area contributed by atoms with E-state index in [1.165, 1.54) is 6.07 Å². The molecule has 88 valence electrons. The Hall–Kier alpha value is -1.42. The summed E-state index contributed by atoms with van der Waals surface area (Å²) in [6.07, 6.45) is 0. The number of nitrogens with zero attached hydrogens (tertiary/aromatic N) is 1. The molecule has 0 saturated heterocycles. The molecule has 0 heterocycles. The molecule has 1 aromatic rings. The van der Waals surface area contributed by atoms with E-state index < -0.39 is 0 Å². The molecule has 0 saturated carbocycles. The summed E-state index contributed by atoms with van der Waals surface area (Å²) < 4.78 is 0. The molecule has 0 aromatic heterocycles. The Labute approximate surface area is 95.8 Å². The maximum Gasteiger partial charge on any atom is 0.269 e. The zero-order valence-corrected chi connectivity index (χ0v) is 9.99. The molecule has 1 rings (SSSR count). The maximum atomic E-state index is 10.6. The highest BCUT2D eigenvalue weighted by molar-refractivity contribution is 5.34. The van der Waals surface area contributed by atoms with Gasteiger partial charge in [-0.2, -0.15) is 0 Å². The minimum absolute atomic E-state index is 0.148. The molecule has 1 N–H and O–H groups in total. The van der Waals surface area contributed by atoms with Crippen molar-refractivity contribution in [1.82, 2.24) is 5.32 Å². The number of hydrogen-bond acceptors (Lipinski definition) is 3. The lowest BCUT2D eigenvalue weighted by molar-refractivity contribution is -0.384. The Balaban J connectivity index is 2.55. The van der Waals surface area contributed by atoms with Gasteiger partial charge in [0.05, 0.1) is 4.92 Å². The molecule has 1 aromatic carbocycles. The number of hydrogen-bond donors (Lipinski definition) is 1. The molecule has 16 heavy (non-hydrogen) atoms. The van der Waals surface area contributed by atoms with Crippen molar-refractivity contribution >= 4 is 5.69 Å². The second-order valence-electron chi connectivity index (χ2n) is 5.09. The van der Waals surface area contributed by atoms with Gasteiger partial charge < -0.3 is 5.32 Å². The van der Waals surface area contributed by atoms with Crippen molar-refractivity contribution in [2.75, 3.05) is 6.54 Å². The normalized spacial score (nSPS) is 11.4. The largest absolute Gasteiger partial charge is 0.312 e. The molecule has 0 atom stereocenters. The van der Waals surface area contributed by atoms with E-state index in [1.807, 2.05) is 6.07 Å². The lowest BCUT2D eigenvalue weighted by atomic mass is 9.97. The van der Waals surface area contributed by atoms with Crippen molar-refractivity contribution in [1.29, 1.82) is 0 Å². The van der Waals surface area contributed by atoms with Gasteiger partial charge in [0.15, 0.2) is 0 Å². The molecule has 4 nitrogen and oxygen atoms in total. The van der Waals surface area contributed by atoms with Crippen LogP contribution < -0.4 is 5.32 Å². The fourth-order valence-electron chi connectivity index (χ4n) is 1.36. The standard InChI is InChI=1S/C12H18N2O2/c1-12(2,3)9-13-8-10-5-4-6-11(7-10)14(15)16/h4-7,13H,8-9H2,1-3H3. The Morgan fingerprint density at radius 3 is 2.62 bits per heavy atom. The fraction of sp³-hybridized carbons (Fsp3) is 0.500. The number of rotatable bonds is 4. The number of nitro benzene ring substituents is 1. The lowest BCUT2D eigenvalue weighted by Gasteiger charge is -2.18. The van der Waals surface area contributed by atoms with Gasteiger partial charge in [0, 0.05) is 25.2 Å². The van der Waals surface area contributed by atoms with E-state index in [0.29, 0.717) is 6.54 Å². The molecule has 0 radical (unpaired) electrons. The van der Waals surface area contributed by atoms with Crippen molar-refractivity contribution in [2.24, 2.45) is 5.41 Å². The van der Waals surface area contributed by atoms with Crippen LogP contribution in [0.5, 0.6) is 0 Å². The summed E-state index contributed by atoms with van der Waals surface area (Å²) in [5, 5.41) is 13.9. The van der Waals surface area contributed by atoms with Crippen LogP contribution in [0.2, 0.25) is 0 Å². The van der Waals surface area contributed by atoms with E-state index in [0.717, 1.165) is 12.1 Å². The van der Waals surface area contributed by atoms with E-state index in [9.17, 15) is 10.1 Å². The summed E-state index contributed by atoms with van der Waals surface area (Å²) in [4.78, 5) is 10.2. The van der Waals surface area contributed by atoms with Gasteiger partial charge in [0.25, 0.3) is 5.69 Å². The maximum absolute atomic E-state index is 10.6. The van der Waals surface area contributed by atoms with E-state index >= 15 is 0 Å². The average Bonchev–Trinajstić information content (AvgIpc) is 2.16. The van der Waals surface area contributed by atoms with Crippen LogP contribution in [0.4, 0.5) is 5.69 Å². The van der Waals surface area contributed by atoms with Crippen LogP contribution >= 0.6 is 0 Å². The summed E-state index contributed by atoms with van der Waals surface area (Å²) in [5.41, 5.74) is 1.31. The molecular formula is C12H18N2O2. The highest BCUT2D eigenvalue weighted by Crippen LogP contribution is 2.14. The Bertz CT molecular complexity index is 370. The first kappa shape index (κ1) is 12.6. The summed E-state index contributed by atoms with van der Waals surface area (Å²) in [7, 11) is 0. The van der Waals surface area contributed by atoms with Crippen LogP contribution in [0.15, 0.2) is 24.3 Å². The van der Waals surface area contributed by atoms with Crippen molar-refractivity contribution in [2.45, 2.75) is 27.3 Å². The minimum atomic E-state index is -0.368. The van der Waals surface area contributed by atoms with E-state index in [2.05, 4.69) is 26.1 Å². The van der Waals surface area contributed by atoms with Gasteiger partial charge in [0.2, 0.25) is 0 Å². The third kappa shape index (κ3) is 4.40. The predicted octanol–water partition coefficient (Wildman–Crippen LogP) is 2.73. The zero-order valence-electron chi connectivity index (χ0n) is 9.99. The van der Waals surface area contributed by atoms with Gasteiger partial charge >= 0.3 is 0 Å². The van der Waals surface area contributed by atoms with Crippen LogP contribution in [0.25, 0.3) is 0 Å². The summed E-state index contributed by atoms with van der Waals surface area (Å²) >= 11 is 0. The molecule has 0 aliphatic carbocycles. The van der Waals surface area contributed by atoms with Gasteiger partial charge in [0.1, 0.15) is 0 Å². The Morgan fingerprint density at radius 2 is 2.06 bits per heavy atom. The Morgan fingerprint density at radius 1 is 1.38 bits per heavy atom. The summed E-state index contributed by atoms with van der Waals surface area (Å²) in [6, 6.07) is 6.72. The number of nitrogens with one attached hydrogen (secondary N) is 1. The topological polar surface area (TPSA) is 55.2 Å². The molecule has 0 spiro atoms. The van der Waals surface area contributed by atoms with Crippen molar-refractivity contribution in [3.63, 3.8) is 0 Å². The van der Waals surface area contributed by atoms with Gasteiger partial charge in [-0.05, 0) is 11.0 Å². The third-order valence-electron chi connectivity index (χ3n) is 2.11. The molecule has 0 aliphatic rings. The summed E-state index contributed by atoms with van der Waals surface area (Å²) in [6.45, 7) is 7.99. The zero-order chi connectivity index (χ0) is 12.2. The van der Waals surface area contributed by atoms with E-state index in [-0.39, 0.29) is 16.0 Å². The smallest absolute Gasteiger partial charge is 0.269 e. The van der Waals surface area contributed by atoms with Crippen molar-refractivity contribution in [3.05, 3.63) is 39.9 Å². The van der Waals surface area contributed by atoms with E-state index in [1.54, 1.807) is 12.1 Å². The molecule has 0 fully saturated rings. The van der Waals surface area contributed by atoms with Crippen LogP contribution in [-0.2, 0) is 6.54 Å². The van der Waals surface area contributed by atoms with Gasteiger partial charge in [-0.25, -0.2) is 0 Å². The number of non-ortho nitro benzene ring substituents is 1. The molecule has 0 bridgehead atoms. The molecule has 0 unspecified atom stereocenters. The second-order valence-corrected chi connectivity index (χ2v) is 5.09. The quantitative estimate of drug-likeness (QED) is 0.629. The van der Waals surface area contributed by atoms with E-state index in [4.69, 9.17) is 0 Å². The van der Waals surface area contributed by atoms with Gasteiger partial charge in [-0.1, -0.05) is 32.9 Å². The highest BCUT2D eigenvalue weighted by Gasteiger charge is 2.09. The van der Waals surface area contributed by atoms with Gasteiger partial charge in [-0.3, -0.25) is 10.1 Å². The van der Waals surface area contributed by atoms with Gasteiger partial charge in [-0.15, -0.1) is 0 Å². The van der Waals surface area contributed by atoms with Crippen LogP contribution in [0.1, 0.15) is 26.3 Å². The molecule has 0 aliphatic heterocycles. The van der Waals surface area contributed by atoms with Crippen molar-refractivity contribution in [3.8, 4) is 0 Å². The second kappa shape index (κ2) is 5.07. The summed E-state index contributed by atoms with van der Waals surface area (Å²) in [5.74, 6) is 0. The first-order valence-corrected chi connectivity index (χ1v) is 5.32. The van der Waals surface area contributed by atoms with Crippen LogP contribution in [0, 0.1) is 15.5 Å². The first-order chi connectivity index (χ1) is 7.38. The minimum Gasteiger partial charge on any atom is -0.312 e. The van der Waals surface area contributed by atoms with Crippen LogP contribution in [-0.4, -0.2) is 11.5 Å². The molecular weight excluding hydrogens is 204 g/mol. The lowest BCUT2D eigenvalue weighted by Crippen LogP contribution is -2.26. The Kier molecular flexibility index (Phi) is 4.01. The molecule has 0 amide bonds. The first-order valence-electron chi connectivity index (χ1n) is 5.32. The van der Waals surface area contributed by atoms with Crippen LogP contribution in [0.3, 0.4) is 0 Å². The monoisotopic (exact) mass is 222 g/mol. The number of nitro groups is 1. The highest BCUT2D eigenvalue weighted by atomic mass is 16.6. The fourth-order valence-corrected chi connectivity index (χ4v) is 1.36. The average molecular weight is 222 g/mol. The predicted molar refractivity (Wildman–Crippen MR) is 64.3 cm³/mol. The molecule has 4 heteroatoms. The third-order valence-corrected chi connectivity index (χ3v) is 2.11. The number of benzene rings is 1.